The van der Waals surface area contributed by atoms with Crippen LogP contribution in [0.1, 0.15) is 65.2 Å². The highest BCUT2D eigenvalue weighted by Gasteiger charge is 2.38. The molecule has 1 N–H and O–H groups in total. The molecular weight excluding hydrogens is 318 g/mol. The molecule has 1 aliphatic heterocycles. The van der Waals surface area contributed by atoms with Crippen LogP contribution >= 0.6 is 0 Å². The molecule has 3 rings (SSSR count). The van der Waals surface area contributed by atoms with E-state index in [2.05, 4.69) is 55.3 Å². The van der Waals surface area contributed by atoms with Crippen molar-refractivity contribution in [3.05, 3.63) is 48.2 Å². The van der Waals surface area contributed by atoms with Crippen molar-refractivity contribution >= 4 is 6.21 Å². The van der Waals surface area contributed by atoms with Gasteiger partial charge in [0.1, 0.15) is 0 Å². The van der Waals surface area contributed by atoms with E-state index in [0.717, 1.165) is 31.6 Å². The van der Waals surface area contributed by atoms with E-state index in [-0.39, 0.29) is 5.92 Å². The molecule has 1 fully saturated rings. The van der Waals surface area contributed by atoms with Crippen molar-refractivity contribution in [2.24, 2.45) is 28.7 Å². The van der Waals surface area contributed by atoms with E-state index in [9.17, 15) is 5.11 Å². The van der Waals surface area contributed by atoms with Gasteiger partial charge in [0.05, 0.1) is 5.60 Å². The van der Waals surface area contributed by atoms with Crippen LogP contribution in [0.4, 0.5) is 0 Å². The highest BCUT2D eigenvalue weighted by Crippen LogP contribution is 2.40. The molecule has 1 saturated carbocycles. The molecule has 26 heavy (non-hydrogen) atoms. The molecule has 0 radical (unpaired) electrons. The predicted molar refractivity (Wildman–Crippen MR) is 111 cm³/mol. The largest absolute Gasteiger partial charge is 0.389 e. The number of hydrogen-bond acceptors (Lipinski definition) is 2. The normalized spacial score (nSPS) is 34.0. The van der Waals surface area contributed by atoms with Crippen LogP contribution in [0.3, 0.4) is 0 Å². The van der Waals surface area contributed by atoms with Crippen LogP contribution in [0.5, 0.6) is 0 Å². The van der Waals surface area contributed by atoms with Crippen LogP contribution in [-0.4, -0.2) is 16.9 Å². The van der Waals surface area contributed by atoms with Crippen LogP contribution in [0.15, 0.2) is 53.2 Å². The molecule has 0 spiro atoms. The Morgan fingerprint density at radius 1 is 1.15 bits per heavy atom. The molecule has 2 heteroatoms. The summed E-state index contributed by atoms with van der Waals surface area (Å²) in [6, 6.07) is 0. The summed E-state index contributed by atoms with van der Waals surface area (Å²) in [6.45, 7) is 4.37. The number of aliphatic imine (C=N–C) groups is 1. The molecule has 5 atom stereocenters. The van der Waals surface area contributed by atoms with Crippen LogP contribution in [0.2, 0.25) is 0 Å². The standard InChI is InChI=1S/C24H35NO/c1-3-19-6-4-8-22(12-10-19)24(2,26)23-9-5-7-20(11-13-23)18-21-14-16-25-17-15-21/h5,7,9,11,13-14,16-17,19,21-23,26H,3-4,6,8,10,12,15,18H2,1-2H3. The van der Waals surface area contributed by atoms with E-state index in [1.807, 2.05) is 12.4 Å². The minimum Gasteiger partial charge on any atom is -0.389 e. The second kappa shape index (κ2) is 8.99. The van der Waals surface area contributed by atoms with Gasteiger partial charge in [0.25, 0.3) is 0 Å². The first-order valence-electron chi connectivity index (χ1n) is 10.6. The summed E-state index contributed by atoms with van der Waals surface area (Å²) in [5, 5.41) is 11.4. The number of allylic oxidation sites excluding steroid dienone is 5. The molecule has 1 heterocycles. The summed E-state index contributed by atoms with van der Waals surface area (Å²) < 4.78 is 0. The molecule has 142 valence electrons. The lowest BCUT2D eigenvalue weighted by Crippen LogP contribution is -2.40. The summed E-state index contributed by atoms with van der Waals surface area (Å²) >= 11 is 0. The van der Waals surface area contributed by atoms with E-state index < -0.39 is 5.60 Å². The average molecular weight is 354 g/mol. The van der Waals surface area contributed by atoms with Crippen LogP contribution < -0.4 is 0 Å². The minimum atomic E-state index is -0.656. The second-order valence-corrected chi connectivity index (χ2v) is 8.59. The molecule has 3 aliphatic rings. The molecule has 0 saturated heterocycles. The Balaban J connectivity index is 1.63. The van der Waals surface area contributed by atoms with Gasteiger partial charge in [0.15, 0.2) is 0 Å². The molecule has 0 aromatic heterocycles. The third-order valence-electron chi connectivity index (χ3n) is 6.77. The van der Waals surface area contributed by atoms with Gasteiger partial charge in [-0.1, -0.05) is 69.1 Å². The van der Waals surface area contributed by atoms with E-state index in [1.165, 1.54) is 31.3 Å². The average Bonchev–Trinajstić information content (AvgIpc) is 3.03. The topological polar surface area (TPSA) is 32.6 Å². The van der Waals surface area contributed by atoms with Gasteiger partial charge in [0.2, 0.25) is 0 Å². The Labute approximate surface area is 159 Å². The van der Waals surface area contributed by atoms with Gasteiger partial charge < -0.3 is 5.11 Å². The summed E-state index contributed by atoms with van der Waals surface area (Å²) in [5.41, 5.74) is 0.687. The number of rotatable bonds is 5. The van der Waals surface area contributed by atoms with Gasteiger partial charge in [-0.25, -0.2) is 0 Å². The fourth-order valence-electron chi connectivity index (χ4n) is 4.78. The van der Waals surface area contributed by atoms with E-state index in [0.29, 0.717) is 11.8 Å². The Morgan fingerprint density at radius 2 is 2.04 bits per heavy atom. The van der Waals surface area contributed by atoms with Crippen molar-refractivity contribution in [1.29, 1.82) is 0 Å². The zero-order valence-corrected chi connectivity index (χ0v) is 16.5. The van der Waals surface area contributed by atoms with E-state index in [4.69, 9.17) is 0 Å². The fourth-order valence-corrected chi connectivity index (χ4v) is 4.78. The lowest BCUT2D eigenvalue weighted by Gasteiger charge is -2.37. The first-order chi connectivity index (χ1) is 12.6. The van der Waals surface area contributed by atoms with Crippen molar-refractivity contribution in [3.63, 3.8) is 0 Å². The third-order valence-corrected chi connectivity index (χ3v) is 6.77. The van der Waals surface area contributed by atoms with Crippen molar-refractivity contribution in [1.82, 2.24) is 0 Å². The van der Waals surface area contributed by atoms with Crippen molar-refractivity contribution in [3.8, 4) is 0 Å². The number of aliphatic hydroxyl groups is 1. The zero-order chi connectivity index (χ0) is 18.4. The van der Waals surface area contributed by atoms with Gasteiger partial charge in [0, 0.05) is 18.3 Å². The minimum absolute atomic E-state index is 0.0999. The molecule has 2 aliphatic carbocycles. The number of nitrogens with zero attached hydrogens (tertiary/aromatic N) is 1. The third kappa shape index (κ3) is 4.85. The Bertz CT molecular complexity index is 608. The summed E-state index contributed by atoms with van der Waals surface area (Å²) in [5.74, 6) is 1.90. The monoisotopic (exact) mass is 353 g/mol. The molecule has 0 bridgehead atoms. The lowest BCUT2D eigenvalue weighted by atomic mass is 9.74. The maximum Gasteiger partial charge on any atom is 0.0744 e. The lowest BCUT2D eigenvalue weighted by molar-refractivity contribution is -0.0300. The fraction of sp³-hybridized carbons (Fsp3) is 0.625. The van der Waals surface area contributed by atoms with Gasteiger partial charge in [-0.15, -0.1) is 0 Å². The van der Waals surface area contributed by atoms with Gasteiger partial charge in [-0.3, -0.25) is 4.99 Å². The summed E-state index contributed by atoms with van der Waals surface area (Å²) in [4.78, 5) is 4.16. The van der Waals surface area contributed by atoms with Crippen molar-refractivity contribution in [2.75, 3.05) is 0 Å². The Kier molecular flexibility index (Phi) is 6.69. The quantitative estimate of drug-likeness (QED) is 0.603. The maximum atomic E-state index is 11.4. The smallest absolute Gasteiger partial charge is 0.0744 e. The summed E-state index contributed by atoms with van der Waals surface area (Å²) in [7, 11) is 0. The molecule has 0 aromatic carbocycles. The van der Waals surface area contributed by atoms with Crippen LogP contribution in [-0.2, 0) is 0 Å². The Hall–Kier alpha value is -1.41. The maximum absolute atomic E-state index is 11.4. The molecule has 0 amide bonds. The first-order valence-corrected chi connectivity index (χ1v) is 10.6. The van der Waals surface area contributed by atoms with Gasteiger partial charge in [-0.05, 0) is 55.9 Å². The molecule has 5 unspecified atom stereocenters. The zero-order valence-electron chi connectivity index (χ0n) is 16.5. The van der Waals surface area contributed by atoms with Crippen molar-refractivity contribution < 1.29 is 5.11 Å². The highest BCUT2D eigenvalue weighted by atomic mass is 16.3. The molecule has 0 aromatic rings. The van der Waals surface area contributed by atoms with Gasteiger partial charge in [-0.2, -0.15) is 0 Å². The molecular formula is C24H35NO. The first kappa shape index (κ1) is 19.4. The van der Waals surface area contributed by atoms with Gasteiger partial charge >= 0.3 is 0 Å². The van der Waals surface area contributed by atoms with Crippen molar-refractivity contribution in [2.45, 2.75) is 70.8 Å². The second-order valence-electron chi connectivity index (χ2n) is 8.59. The van der Waals surface area contributed by atoms with E-state index >= 15 is 0 Å². The SMILES string of the molecule is CCC1CCCC(C(C)(O)C2C=CC=C(CC3C=CN=CC3)C=C2)CC1. The predicted octanol–water partition coefficient (Wildman–Crippen LogP) is 6.01. The highest BCUT2D eigenvalue weighted by molar-refractivity contribution is 5.60. The van der Waals surface area contributed by atoms with E-state index in [1.54, 1.807) is 0 Å². The van der Waals surface area contributed by atoms with Crippen LogP contribution in [0, 0.1) is 23.7 Å². The number of hydrogen-bond donors (Lipinski definition) is 1. The summed E-state index contributed by atoms with van der Waals surface area (Å²) in [6.07, 6.45) is 26.7. The molecule has 2 nitrogen and oxygen atoms in total. The van der Waals surface area contributed by atoms with Crippen LogP contribution in [0.25, 0.3) is 0 Å². The Morgan fingerprint density at radius 3 is 2.81 bits per heavy atom.